The second-order valence-corrected chi connectivity index (χ2v) is 7.30. The molecule has 0 radical (unpaired) electrons. The van der Waals surface area contributed by atoms with Crippen LogP contribution in [0.5, 0.6) is 0 Å². The lowest BCUT2D eigenvalue weighted by molar-refractivity contribution is -0.133. The molecule has 27 heavy (non-hydrogen) atoms. The number of hydrogen-bond acceptors (Lipinski definition) is 3. The van der Waals surface area contributed by atoms with Crippen LogP contribution in [0.25, 0.3) is 0 Å². The lowest BCUT2D eigenvalue weighted by Gasteiger charge is -2.30. The first kappa shape index (κ1) is 19.1. The van der Waals surface area contributed by atoms with Crippen molar-refractivity contribution < 1.29 is 9.59 Å². The Morgan fingerprint density at radius 1 is 1.04 bits per heavy atom. The van der Waals surface area contributed by atoms with Crippen LogP contribution in [-0.4, -0.2) is 48.3 Å². The van der Waals surface area contributed by atoms with Gasteiger partial charge in [0.2, 0.25) is 11.8 Å². The molecule has 0 spiro atoms. The Balaban J connectivity index is 1.51. The molecule has 0 unspecified atom stereocenters. The van der Waals surface area contributed by atoms with E-state index in [1.807, 2.05) is 49.1 Å². The maximum atomic E-state index is 12.6. The number of fused-ring (bicyclic) bond motifs is 1. The first-order valence-electron chi connectivity index (χ1n) is 9.33. The SMILES string of the molecule is Cc1cccc(NC(=O)CN(C)CC(=O)N2CCc3ccccc3C2)c1C. The number of nitrogens with one attached hydrogen (secondary N) is 1. The molecule has 0 aromatic heterocycles. The molecule has 1 aliphatic rings. The summed E-state index contributed by atoms with van der Waals surface area (Å²) in [5.74, 6) is -0.0467. The summed E-state index contributed by atoms with van der Waals surface area (Å²) < 4.78 is 0. The van der Waals surface area contributed by atoms with Crippen molar-refractivity contribution in [1.29, 1.82) is 0 Å². The van der Waals surface area contributed by atoms with Gasteiger partial charge in [0, 0.05) is 18.8 Å². The fourth-order valence-corrected chi connectivity index (χ4v) is 3.42. The second-order valence-electron chi connectivity index (χ2n) is 7.30. The van der Waals surface area contributed by atoms with E-state index >= 15 is 0 Å². The summed E-state index contributed by atoms with van der Waals surface area (Å²) in [6.45, 7) is 5.82. The molecule has 5 nitrogen and oxygen atoms in total. The third-order valence-electron chi connectivity index (χ3n) is 5.18. The van der Waals surface area contributed by atoms with Crippen molar-refractivity contribution in [2.75, 3.05) is 32.0 Å². The van der Waals surface area contributed by atoms with E-state index in [4.69, 9.17) is 0 Å². The average molecular weight is 365 g/mol. The van der Waals surface area contributed by atoms with E-state index in [0.717, 1.165) is 29.8 Å². The molecule has 1 aliphatic heterocycles. The summed E-state index contributed by atoms with van der Waals surface area (Å²) in [6, 6.07) is 14.1. The highest BCUT2D eigenvalue weighted by Gasteiger charge is 2.21. The molecule has 142 valence electrons. The number of nitrogens with zero attached hydrogens (tertiary/aromatic N) is 2. The lowest BCUT2D eigenvalue weighted by atomic mass is 10.00. The Bertz CT molecular complexity index is 847. The molecular weight excluding hydrogens is 338 g/mol. The van der Waals surface area contributed by atoms with Crippen LogP contribution in [0.4, 0.5) is 5.69 Å². The average Bonchev–Trinajstić information content (AvgIpc) is 2.64. The predicted octanol–water partition coefficient (Wildman–Crippen LogP) is 2.76. The van der Waals surface area contributed by atoms with E-state index in [1.54, 1.807) is 11.9 Å². The molecule has 1 N–H and O–H groups in total. The zero-order valence-corrected chi connectivity index (χ0v) is 16.3. The zero-order valence-electron chi connectivity index (χ0n) is 16.3. The quantitative estimate of drug-likeness (QED) is 0.886. The van der Waals surface area contributed by atoms with Gasteiger partial charge >= 0.3 is 0 Å². The van der Waals surface area contributed by atoms with E-state index in [9.17, 15) is 9.59 Å². The number of rotatable bonds is 5. The summed E-state index contributed by atoms with van der Waals surface area (Å²) in [5, 5.41) is 2.94. The molecule has 3 rings (SSSR count). The summed E-state index contributed by atoms with van der Waals surface area (Å²) in [5.41, 5.74) is 5.57. The number of likely N-dealkylation sites (N-methyl/N-ethyl adjacent to an activating group) is 1. The number of amides is 2. The van der Waals surface area contributed by atoms with Gasteiger partial charge in [-0.3, -0.25) is 14.5 Å². The molecule has 0 bridgehead atoms. The molecule has 5 heteroatoms. The highest BCUT2D eigenvalue weighted by molar-refractivity contribution is 5.93. The van der Waals surface area contributed by atoms with Gasteiger partial charge in [0.05, 0.1) is 13.1 Å². The molecular formula is C22H27N3O2. The van der Waals surface area contributed by atoms with E-state index < -0.39 is 0 Å². The third kappa shape index (κ3) is 4.74. The molecule has 0 saturated heterocycles. The minimum atomic E-state index is -0.108. The molecule has 2 aromatic carbocycles. The largest absolute Gasteiger partial charge is 0.337 e. The van der Waals surface area contributed by atoms with Crippen LogP contribution in [0.1, 0.15) is 22.3 Å². The normalized spacial score (nSPS) is 13.4. The van der Waals surface area contributed by atoms with E-state index in [-0.39, 0.29) is 24.9 Å². The van der Waals surface area contributed by atoms with Crippen molar-refractivity contribution in [3.8, 4) is 0 Å². The Morgan fingerprint density at radius 3 is 2.56 bits per heavy atom. The van der Waals surface area contributed by atoms with Gasteiger partial charge in [0.25, 0.3) is 0 Å². The van der Waals surface area contributed by atoms with E-state index in [1.165, 1.54) is 11.1 Å². The number of carbonyl (C=O) groups is 2. The Kier molecular flexibility index (Phi) is 5.91. The van der Waals surface area contributed by atoms with Crippen LogP contribution in [0, 0.1) is 13.8 Å². The summed E-state index contributed by atoms with van der Waals surface area (Å²) in [7, 11) is 1.80. The van der Waals surface area contributed by atoms with Gasteiger partial charge in [-0.05, 0) is 55.6 Å². The van der Waals surface area contributed by atoms with Crippen molar-refractivity contribution in [2.45, 2.75) is 26.8 Å². The highest BCUT2D eigenvalue weighted by atomic mass is 16.2. The van der Waals surface area contributed by atoms with Gasteiger partial charge in [-0.25, -0.2) is 0 Å². The van der Waals surface area contributed by atoms with Gasteiger partial charge in [-0.15, -0.1) is 0 Å². The third-order valence-corrected chi connectivity index (χ3v) is 5.18. The fraction of sp³-hybridized carbons (Fsp3) is 0.364. The molecule has 1 heterocycles. The summed E-state index contributed by atoms with van der Waals surface area (Å²) >= 11 is 0. The number of anilines is 1. The van der Waals surface area contributed by atoms with Crippen molar-refractivity contribution in [3.05, 3.63) is 64.7 Å². The van der Waals surface area contributed by atoms with Crippen molar-refractivity contribution in [1.82, 2.24) is 9.80 Å². The van der Waals surface area contributed by atoms with E-state index in [0.29, 0.717) is 6.54 Å². The van der Waals surface area contributed by atoms with E-state index in [2.05, 4.69) is 17.4 Å². The van der Waals surface area contributed by atoms with Gasteiger partial charge < -0.3 is 10.2 Å². The van der Waals surface area contributed by atoms with Crippen molar-refractivity contribution in [3.63, 3.8) is 0 Å². The maximum Gasteiger partial charge on any atom is 0.238 e. The smallest absolute Gasteiger partial charge is 0.238 e. The van der Waals surface area contributed by atoms with Gasteiger partial charge in [-0.1, -0.05) is 36.4 Å². The van der Waals surface area contributed by atoms with Crippen molar-refractivity contribution in [2.24, 2.45) is 0 Å². The first-order valence-corrected chi connectivity index (χ1v) is 9.33. The Morgan fingerprint density at radius 2 is 1.78 bits per heavy atom. The molecule has 0 aliphatic carbocycles. The number of carbonyl (C=O) groups excluding carboxylic acids is 2. The number of aryl methyl sites for hydroxylation is 1. The Labute approximate surface area is 161 Å². The van der Waals surface area contributed by atoms with Gasteiger partial charge in [0.1, 0.15) is 0 Å². The maximum absolute atomic E-state index is 12.6. The van der Waals surface area contributed by atoms with Gasteiger partial charge in [0.15, 0.2) is 0 Å². The number of hydrogen-bond donors (Lipinski definition) is 1. The van der Waals surface area contributed by atoms with Crippen LogP contribution in [0.3, 0.4) is 0 Å². The van der Waals surface area contributed by atoms with Crippen molar-refractivity contribution >= 4 is 17.5 Å². The topological polar surface area (TPSA) is 52.7 Å². The summed E-state index contributed by atoms with van der Waals surface area (Å²) in [4.78, 5) is 28.6. The van der Waals surface area contributed by atoms with Crippen LogP contribution in [0.15, 0.2) is 42.5 Å². The predicted molar refractivity (Wildman–Crippen MR) is 108 cm³/mol. The van der Waals surface area contributed by atoms with Crippen LogP contribution >= 0.6 is 0 Å². The molecule has 2 aromatic rings. The van der Waals surface area contributed by atoms with Crippen LogP contribution in [0.2, 0.25) is 0 Å². The standard InChI is InChI=1S/C22H27N3O2/c1-16-7-6-10-20(17(16)2)23-21(26)14-24(3)15-22(27)25-12-11-18-8-4-5-9-19(18)13-25/h4-10H,11-15H2,1-3H3,(H,23,26). The monoisotopic (exact) mass is 365 g/mol. The molecule has 0 atom stereocenters. The second kappa shape index (κ2) is 8.35. The van der Waals surface area contributed by atoms with Gasteiger partial charge in [-0.2, -0.15) is 0 Å². The Hall–Kier alpha value is -2.66. The van der Waals surface area contributed by atoms with Crippen LogP contribution in [-0.2, 0) is 22.6 Å². The summed E-state index contributed by atoms with van der Waals surface area (Å²) in [6.07, 6.45) is 0.888. The van der Waals surface area contributed by atoms with Crippen LogP contribution < -0.4 is 5.32 Å². The number of benzene rings is 2. The molecule has 0 fully saturated rings. The minimum Gasteiger partial charge on any atom is -0.337 e. The lowest BCUT2D eigenvalue weighted by Crippen LogP contribution is -2.43. The molecule has 2 amide bonds. The fourth-order valence-electron chi connectivity index (χ4n) is 3.42. The first-order chi connectivity index (χ1) is 12.9. The molecule has 0 saturated carbocycles. The minimum absolute atomic E-state index is 0.0616. The zero-order chi connectivity index (χ0) is 19.4. The highest BCUT2D eigenvalue weighted by Crippen LogP contribution is 2.19.